The maximum atomic E-state index is 9.60. The maximum absolute atomic E-state index is 9.60. The molecule has 0 heterocycles. The van der Waals surface area contributed by atoms with Gasteiger partial charge in [0, 0.05) is 11.1 Å². The van der Waals surface area contributed by atoms with Gasteiger partial charge in [0.2, 0.25) is 0 Å². The van der Waals surface area contributed by atoms with Crippen LogP contribution in [-0.4, -0.2) is 16.2 Å². The Hall–Kier alpha value is -2.55. The van der Waals surface area contributed by atoms with E-state index in [-0.39, 0.29) is 5.57 Å². The SMILES string of the molecule is C=C(C)C(=O)O.Oc1ccccc1-c1ccccc1. The molecule has 0 bridgehead atoms. The number of aliphatic carboxylic acids is 1. The van der Waals surface area contributed by atoms with Crippen LogP contribution in [0.1, 0.15) is 6.92 Å². The second-order valence-electron chi connectivity index (χ2n) is 3.97. The molecule has 3 heteroatoms. The van der Waals surface area contributed by atoms with E-state index >= 15 is 0 Å². The molecule has 2 rings (SSSR count). The summed E-state index contributed by atoms with van der Waals surface area (Å²) in [5.74, 6) is -0.608. The summed E-state index contributed by atoms with van der Waals surface area (Å²) in [6.07, 6.45) is 0. The van der Waals surface area contributed by atoms with Gasteiger partial charge in [0.1, 0.15) is 5.75 Å². The quantitative estimate of drug-likeness (QED) is 0.805. The minimum Gasteiger partial charge on any atom is -0.507 e. The van der Waals surface area contributed by atoms with Gasteiger partial charge in [-0.05, 0) is 18.6 Å². The summed E-state index contributed by atoms with van der Waals surface area (Å²) in [6, 6.07) is 17.2. The Morgan fingerprint density at radius 2 is 1.47 bits per heavy atom. The van der Waals surface area contributed by atoms with Gasteiger partial charge in [-0.25, -0.2) is 4.79 Å². The van der Waals surface area contributed by atoms with Crippen molar-refractivity contribution >= 4 is 5.97 Å². The molecular formula is C16H16O3. The molecule has 0 spiro atoms. The Balaban J connectivity index is 0.000000258. The highest BCUT2D eigenvalue weighted by atomic mass is 16.4. The Labute approximate surface area is 112 Å². The Kier molecular flexibility index (Phi) is 5.35. The zero-order valence-corrected chi connectivity index (χ0v) is 10.7. The van der Waals surface area contributed by atoms with Crippen molar-refractivity contribution < 1.29 is 15.0 Å². The van der Waals surface area contributed by atoms with Crippen LogP contribution in [0.3, 0.4) is 0 Å². The Morgan fingerprint density at radius 3 is 1.95 bits per heavy atom. The van der Waals surface area contributed by atoms with E-state index < -0.39 is 5.97 Å². The zero-order chi connectivity index (χ0) is 14.3. The van der Waals surface area contributed by atoms with E-state index in [1.54, 1.807) is 6.07 Å². The second kappa shape index (κ2) is 7.01. The van der Waals surface area contributed by atoms with E-state index in [1.807, 2.05) is 48.5 Å². The van der Waals surface area contributed by atoms with Crippen molar-refractivity contribution in [3.05, 3.63) is 66.7 Å². The van der Waals surface area contributed by atoms with Crippen molar-refractivity contribution in [3.63, 3.8) is 0 Å². The van der Waals surface area contributed by atoms with E-state index in [1.165, 1.54) is 6.92 Å². The van der Waals surface area contributed by atoms with E-state index in [4.69, 9.17) is 5.11 Å². The van der Waals surface area contributed by atoms with Crippen LogP contribution in [0.4, 0.5) is 0 Å². The molecule has 0 saturated heterocycles. The average molecular weight is 256 g/mol. The fourth-order valence-electron chi connectivity index (χ4n) is 1.34. The lowest BCUT2D eigenvalue weighted by Crippen LogP contribution is -1.92. The van der Waals surface area contributed by atoms with Gasteiger partial charge in [-0.3, -0.25) is 0 Å². The summed E-state index contributed by atoms with van der Waals surface area (Å²) in [7, 11) is 0. The van der Waals surface area contributed by atoms with E-state index in [0.717, 1.165) is 11.1 Å². The van der Waals surface area contributed by atoms with Gasteiger partial charge in [0.05, 0.1) is 0 Å². The maximum Gasteiger partial charge on any atom is 0.330 e. The normalized spacial score (nSPS) is 9.11. The van der Waals surface area contributed by atoms with Crippen LogP contribution in [0.5, 0.6) is 5.75 Å². The number of phenolic OH excluding ortho intramolecular Hbond substituents is 1. The van der Waals surface area contributed by atoms with Gasteiger partial charge >= 0.3 is 5.97 Å². The summed E-state index contributed by atoms with van der Waals surface area (Å²) in [6.45, 7) is 4.60. The van der Waals surface area contributed by atoms with Gasteiger partial charge in [-0.2, -0.15) is 0 Å². The first-order chi connectivity index (χ1) is 9.02. The molecule has 0 atom stereocenters. The van der Waals surface area contributed by atoms with E-state index in [9.17, 15) is 9.90 Å². The predicted octanol–water partition coefficient (Wildman–Crippen LogP) is 3.71. The molecule has 0 radical (unpaired) electrons. The molecule has 0 aliphatic carbocycles. The fourth-order valence-corrected chi connectivity index (χ4v) is 1.34. The van der Waals surface area contributed by atoms with E-state index in [2.05, 4.69) is 6.58 Å². The molecule has 0 fully saturated rings. The topological polar surface area (TPSA) is 57.5 Å². The number of rotatable bonds is 2. The van der Waals surface area contributed by atoms with Crippen LogP contribution in [0.25, 0.3) is 11.1 Å². The molecule has 0 aliphatic rings. The summed E-state index contributed by atoms with van der Waals surface area (Å²) in [5, 5.41) is 17.5. The molecule has 2 aromatic rings. The number of phenols is 1. The number of aromatic hydroxyl groups is 1. The first kappa shape index (κ1) is 14.5. The summed E-state index contributed by atoms with van der Waals surface area (Å²) >= 11 is 0. The predicted molar refractivity (Wildman–Crippen MR) is 76.0 cm³/mol. The molecule has 3 nitrogen and oxygen atoms in total. The smallest absolute Gasteiger partial charge is 0.330 e. The number of para-hydroxylation sites is 1. The number of benzene rings is 2. The number of hydrogen-bond acceptors (Lipinski definition) is 2. The highest BCUT2D eigenvalue weighted by molar-refractivity contribution is 5.84. The third-order valence-electron chi connectivity index (χ3n) is 2.35. The molecule has 0 unspecified atom stereocenters. The first-order valence-electron chi connectivity index (χ1n) is 5.74. The highest BCUT2D eigenvalue weighted by Gasteiger charge is 2.00. The van der Waals surface area contributed by atoms with Gasteiger partial charge in [0.25, 0.3) is 0 Å². The molecule has 2 N–H and O–H groups in total. The lowest BCUT2D eigenvalue weighted by molar-refractivity contribution is -0.132. The van der Waals surface area contributed by atoms with Crippen molar-refractivity contribution in [2.24, 2.45) is 0 Å². The number of carbonyl (C=O) groups is 1. The second-order valence-corrected chi connectivity index (χ2v) is 3.97. The summed E-state index contributed by atoms with van der Waals surface area (Å²) in [4.78, 5) is 9.60. The number of carboxylic acid groups (broad SMARTS) is 1. The molecule has 2 aromatic carbocycles. The van der Waals surface area contributed by atoms with Gasteiger partial charge in [0.15, 0.2) is 0 Å². The molecule has 19 heavy (non-hydrogen) atoms. The molecular weight excluding hydrogens is 240 g/mol. The van der Waals surface area contributed by atoms with Gasteiger partial charge in [-0.1, -0.05) is 55.1 Å². The van der Waals surface area contributed by atoms with Crippen molar-refractivity contribution in [3.8, 4) is 16.9 Å². The molecule has 0 aliphatic heterocycles. The van der Waals surface area contributed by atoms with Crippen LogP contribution < -0.4 is 0 Å². The van der Waals surface area contributed by atoms with Crippen molar-refractivity contribution in [2.45, 2.75) is 6.92 Å². The highest BCUT2D eigenvalue weighted by Crippen LogP contribution is 2.27. The number of carboxylic acids is 1. The Bertz CT molecular complexity index is 547. The van der Waals surface area contributed by atoms with Crippen molar-refractivity contribution in [2.75, 3.05) is 0 Å². The molecule has 0 saturated carbocycles. The summed E-state index contributed by atoms with van der Waals surface area (Å²) < 4.78 is 0. The standard InChI is InChI=1S/C12H10O.C4H6O2/c13-12-9-5-4-8-11(12)10-6-2-1-3-7-10;1-3(2)4(5)6/h1-9,13H;1H2,2H3,(H,5,6). The monoisotopic (exact) mass is 256 g/mol. The van der Waals surface area contributed by atoms with Crippen molar-refractivity contribution in [1.29, 1.82) is 0 Å². The fraction of sp³-hybridized carbons (Fsp3) is 0.0625. The molecule has 0 amide bonds. The third-order valence-corrected chi connectivity index (χ3v) is 2.35. The van der Waals surface area contributed by atoms with Crippen LogP contribution in [-0.2, 0) is 4.79 Å². The first-order valence-corrected chi connectivity index (χ1v) is 5.74. The molecule has 0 aromatic heterocycles. The lowest BCUT2D eigenvalue weighted by Gasteiger charge is -2.02. The van der Waals surface area contributed by atoms with Crippen LogP contribution >= 0.6 is 0 Å². The minimum absolute atomic E-state index is 0.176. The third kappa shape index (κ3) is 4.68. The van der Waals surface area contributed by atoms with Crippen molar-refractivity contribution in [1.82, 2.24) is 0 Å². The lowest BCUT2D eigenvalue weighted by atomic mass is 10.1. The van der Waals surface area contributed by atoms with Gasteiger partial charge < -0.3 is 10.2 Å². The van der Waals surface area contributed by atoms with Crippen LogP contribution in [0, 0.1) is 0 Å². The Morgan fingerprint density at radius 1 is 1.00 bits per heavy atom. The largest absolute Gasteiger partial charge is 0.507 e. The average Bonchev–Trinajstić information content (AvgIpc) is 2.41. The van der Waals surface area contributed by atoms with Crippen LogP contribution in [0.15, 0.2) is 66.7 Å². The number of hydrogen-bond donors (Lipinski definition) is 2. The minimum atomic E-state index is -0.935. The summed E-state index contributed by atoms with van der Waals surface area (Å²) in [5.41, 5.74) is 2.10. The zero-order valence-electron chi connectivity index (χ0n) is 10.7. The molecule has 98 valence electrons. The van der Waals surface area contributed by atoms with Gasteiger partial charge in [-0.15, -0.1) is 0 Å². The van der Waals surface area contributed by atoms with E-state index in [0.29, 0.717) is 5.75 Å². The van der Waals surface area contributed by atoms with Crippen LogP contribution in [0.2, 0.25) is 0 Å².